The molecule has 6 aromatic rings. The summed E-state index contributed by atoms with van der Waals surface area (Å²) < 4.78 is 0. The molecule has 6 aromatic carbocycles. The standard InChI is InChI=1S/2C17H15.C2H5Si.C2H6.2ClH.Zr/c2*1-2-13-11-15-9-6-10-16(17(15)12-13)14-7-4-3-5-8-14;1-2-3;1-2;;;/h2*3-12H,2H2,1H3;2H2,1H3;1-2H3;2*1H;/q2*-1;;;;;+4/p-2. The fraction of sp³-hybridized carbons (Fsp3) is 0.211. The summed E-state index contributed by atoms with van der Waals surface area (Å²) in [7, 11) is 3.18. The molecule has 42 heavy (non-hydrogen) atoms. The van der Waals surface area contributed by atoms with Gasteiger partial charge in [-0.05, 0) is 24.0 Å². The largest absolute Gasteiger partial charge is 4.00 e. The minimum absolute atomic E-state index is 0. The summed E-state index contributed by atoms with van der Waals surface area (Å²) in [5.41, 5.74) is 8.11. The first-order valence-corrected chi connectivity index (χ1v) is 15.0. The van der Waals surface area contributed by atoms with Crippen LogP contribution >= 0.6 is 0 Å². The normalized spacial score (nSPS) is 9.38. The molecule has 0 unspecified atom stereocenters. The van der Waals surface area contributed by atoms with E-state index in [4.69, 9.17) is 0 Å². The van der Waals surface area contributed by atoms with Crippen molar-refractivity contribution in [3.8, 4) is 22.3 Å². The Balaban J connectivity index is 0.000000654. The van der Waals surface area contributed by atoms with Crippen molar-refractivity contribution < 1.29 is 51.0 Å². The molecule has 0 heterocycles. The SMILES string of the molecule is CC.CC[Si].CCc1cc2c(-c3ccccc3)cccc2[cH-]1.CCc1cc2c(-c3ccccc3)cccc2[cH-]1.[Cl-].[Cl-].[Zr+4]. The van der Waals surface area contributed by atoms with E-state index in [9.17, 15) is 0 Å². The second kappa shape index (κ2) is 21.5. The van der Waals surface area contributed by atoms with Gasteiger partial charge >= 0.3 is 26.2 Å². The molecule has 0 N–H and O–H groups in total. The van der Waals surface area contributed by atoms with E-state index >= 15 is 0 Å². The van der Waals surface area contributed by atoms with Gasteiger partial charge in [0.1, 0.15) is 0 Å². The predicted molar refractivity (Wildman–Crippen MR) is 176 cm³/mol. The summed E-state index contributed by atoms with van der Waals surface area (Å²) >= 11 is 0. The van der Waals surface area contributed by atoms with Gasteiger partial charge in [0.25, 0.3) is 0 Å². The topological polar surface area (TPSA) is 0 Å². The van der Waals surface area contributed by atoms with E-state index in [2.05, 4.69) is 145 Å². The zero-order valence-electron chi connectivity index (χ0n) is 25.4. The van der Waals surface area contributed by atoms with Crippen molar-refractivity contribution in [1.29, 1.82) is 0 Å². The van der Waals surface area contributed by atoms with Crippen LogP contribution in [0.4, 0.5) is 0 Å². The third-order valence-electron chi connectivity index (χ3n) is 6.61. The fourth-order valence-corrected chi connectivity index (χ4v) is 4.74. The van der Waals surface area contributed by atoms with Gasteiger partial charge in [-0.2, -0.15) is 12.1 Å². The van der Waals surface area contributed by atoms with Crippen molar-refractivity contribution in [2.24, 2.45) is 0 Å². The van der Waals surface area contributed by atoms with E-state index < -0.39 is 0 Å². The Morgan fingerprint density at radius 3 is 1.17 bits per heavy atom. The Hall–Kier alpha value is -2.22. The average Bonchev–Trinajstić information content (AvgIpc) is 3.64. The molecule has 0 aliphatic heterocycles. The minimum Gasteiger partial charge on any atom is -1.00 e. The predicted octanol–water partition coefficient (Wildman–Crippen LogP) is 5.20. The third-order valence-corrected chi connectivity index (χ3v) is 6.61. The van der Waals surface area contributed by atoms with Gasteiger partial charge < -0.3 is 24.8 Å². The Kier molecular flexibility index (Phi) is 20.3. The van der Waals surface area contributed by atoms with Crippen molar-refractivity contribution in [2.75, 3.05) is 0 Å². The number of aryl methyl sites for hydroxylation is 2. The molecule has 0 atom stereocenters. The quantitative estimate of drug-likeness (QED) is 0.177. The van der Waals surface area contributed by atoms with E-state index in [0.717, 1.165) is 18.9 Å². The minimum atomic E-state index is 0. The molecule has 215 valence electrons. The van der Waals surface area contributed by atoms with Crippen molar-refractivity contribution in [1.82, 2.24) is 0 Å². The number of benzene rings is 4. The number of fused-ring (bicyclic) bond motifs is 2. The van der Waals surface area contributed by atoms with Gasteiger partial charge in [-0.25, -0.2) is 0 Å². The molecule has 0 amide bonds. The van der Waals surface area contributed by atoms with Crippen LogP contribution in [0, 0.1) is 0 Å². The van der Waals surface area contributed by atoms with Crippen LogP contribution < -0.4 is 24.8 Å². The zero-order valence-corrected chi connectivity index (χ0v) is 30.4. The summed E-state index contributed by atoms with van der Waals surface area (Å²) in [4.78, 5) is 0. The number of hydrogen-bond acceptors (Lipinski definition) is 0. The molecule has 6 rings (SSSR count). The average molecular weight is 688 g/mol. The molecule has 0 bridgehead atoms. The number of rotatable bonds is 4. The maximum absolute atomic E-state index is 3.18. The summed E-state index contributed by atoms with van der Waals surface area (Å²) in [5.74, 6) is 0. The van der Waals surface area contributed by atoms with Crippen LogP contribution in [0.15, 0.2) is 121 Å². The number of hydrogen-bond donors (Lipinski definition) is 0. The fourth-order valence-electron chi connectivity index (χ4n) is 4.74. The first-order valence-electron chi connectivity index (χ1n) is 14.3. The molecule has 0 nitrogen and oxygen atoms in total. The van der Waals surface area contributed by atoms with Crippen LogP contribution in [0.2, 0.25) is 6.04 Å². The Morgan fingerprint density at radius 1 is 0.524 bits per heavy atom. The molecular formula is C38H41Cl2SiZr. The smallest absolute Gasteiger partial charge is 1.00 e. The molecule has 0 aliphatic carbocycles. The first kappa shape index (κ1) is 39.8. The van der Waals surface area contributed by atoms with Crippen LogP contribution in [0.1, 0.15) is 45.7 Å². The van der Waals surface area contributed by atoms with Gasteiger partial charge in [-0.15, -0.1) is 69.1 Å². The van der Waals surface area contributed by atoms with Crippen molar-refractivity contribution >= 4 is 31.8 Å². The van der Waals surface area contributed by atoms with E-state index in [0.29, 0.717) is 0 Å². The molecule has 0 aliphatic rings. The van der Waals surface area contributed by atoms with Gasteiger partial charge in [0, 0.05) is 10.2 Å². The van der Waals surface area contributed by atoms with Crippen LogP contribution in [0.5, 0.6) is 0 Å². The van der Waals surface area contributed by atoms with Crippen molar-refractivity contribution in [3.05, 3.63) is 132 Å². The van der Waals surface area contributed by atoms with Gasteiger partial charge in [-0.1, -0.05) is 125 Å². The third kappa shape index (κ3) is 10.5. The Bertz CT molecular complexity index is 1420. The van der Waals surface area contributed by atoms with Crippen LogP contribution in [0.3, 0.4) is 0 Å². The second-order valence-electron chi connectivity index (χ2n) is 9.14. The van der Waals surface area contributed by atoms with Gasteiger partial charge in [-0.3, -0.25) is 0 Å². The second-order valence-corrected chi connectivity index (χ2v) is 9.84. The first-order chi connectivity index (χ1) is 19.2. The molecule has 4 heteroatoms. The maximum Gasteiger partial charge on any atom is 4.00 e. The van der Waals surface area contributed by atoms with E-state index in [1.54, 1.807) is 0 Å². The summed E-state index contributed by atoms with van der Waals surface area (Å²) in [6, 6.07) is 44.6. The summed E-state index contributed by atoms with van der Waals surface area (Å²) in [6.45, 7) is 10.4. The molecule has 0 saturated heterocycles. The zero-order chi connectivity index (χ0) is 28.0. The molecular weight excluding hydrogens is 647 g/mol. The molecule has 0 saturated carbocycles. The molecule has 3 radical (unpaired) electrons. The molecule has 0 fully saturated rings. The monoisotopic (exact) mass is 685 g/mol. The van der Waals surface area contributed by atoms with E-state index in [1.807, 2.05) is 20.8 Å². The Morgan fingerprint density at radius 2 is 0.857 bits per heavy atom. The molecule has 0 spiro atoms. The van der Waals surface area contributed by atoms with E-state index in [1.165, 1.54) is 54.9 Å². The van der Waals surface area contributed by atoms with Crippen molar-refractivity contribution in [3.63, 3.8) is 0 Å². The van der Waals surface area contributed by atoms with E-state index in [-0.39, 0.29) is 51.0 Å². The van der Waals surface area contributed by atoms with Crippen molar-refractivity contribution in [2.45, 2.75) is 53.5 Å². The molecule has 0 aromatic heterocycles. The van der Waals surface area contributed by atoms with Gasteiger partial charge in [0.2, 0.25) is 0 Å². The van der Waals surface area contributed by atoms with Crippen LogP contribution in [-0.4, -0.2) is 10.2 Å². The number of halogens is 2. The maximum atomic E-state index is 3.18. The van der Waals surface area contributed by atoms with Crippen LogP contribution in [0.25, 0.3) is 43.8 Å². The summed E-state index contributed by atoms with van der Waals surface area (Å²) in [5, 5.41) is 5.44. The van der Waals surface area contributed by atoms with Gasteiger partial charge in [0.05, 0.1) is 0 Å². The van der Waals surface area contributed by atoms with Crippen LogP contribution in [-0.2, 0) is 39.0 Å². The van der Waals surface area contributed by atoms with Gasteiger partial charge in [0.15, 0.2) is 0 Å². The summed E-state index contributed by atoms with van der Waals surface area (Å²) in [6.07, 6.45) is 2.20. The Labute approximate surface area is 289 Å².